The second-order valence-corrected chi connectivity index (χ2v) is 4.77. The maximum absolute atomic E-state index is 11.8. The minimum absolute atomic E-state index is 0.153. The summed E-state index contributed by atoms with van der Waals surface area (Å²) in [5, 5.41) is 12.7. The van der Waals surface area contributed by atoms with E-state index in [2.05, 4.69) is 5.32 Å². The number of phenolic OH excluding ortho intramolecular Hbond substituents is 1. The summed E-state index contributed by atoms with van der Waals surface area (Å²) in [5.74, 6) is 0.136. The summed E-state index contributed by atoms with van der Waals surface area (Å²) in [4.78, 5) is 11.8. The number of aromatic hydroxyl groups is 1. The second-order valence-electron chi connectivity index (χ2n) is 4.33. The molecule has 0 fully saturated rings. The van der Waals surface area contributed by atoms with E-state index >= 15 is 0 Å². The Kier molecular flexibility index (Phi) is 4.90. The number of phenols is 1. The van der Waals surface area contributed by atoms with Gasteiger partial charge in [-0.25, -0.2) is 0 Å². The Morgan fingerprint density at radius 2 is 1.95 bits per heavy atom. The van der Waals surface area contributed by atoms with E-state index in [1.165, 1.54) is 12.1 Å². The smallest absolute Gasteiger partial charge is 0.255 e. The highest BCUT2D eigenvalue weighted by molar-refractivity contribution is 6.30. The minimum Gasteiger partial charge on any atom is -0.507 e. The number of benzene rings is 2. The Labute approximate surface area is 127 Å². The van der Waals surface area contributed by atoms with Crippen molar-refractivity contribution in [2.45, 2.75) is 0 Å². The number of anilines is 1. The molecule has 0 aliphatic rings. The van der Waals surface area contributed by atoms with Crippen LogP contribution in [0.1, 0.15) is 10.4 Å². The summed E-state index contributed by atoms with van der Waals surface area (Å²) >= 11 is 5.71. The predicted octanol–water partition coefficient (Wildman–Crippen LogP) is 2.44. The fourth-order valence-electron chi connectivity index (χ4n) is 1.69. The first kappa shape index (κ1) is 15.0. The van der Waals surface area contributed by atoms with Gasteiger partial charge >= 0.3 is 0 Å². The van der Waals surface area contributed by atoms with E-state index in [9.17, 15) is 9.90 Å². The topological polar surface area (TPSA) is 84.6 Å². The molecule has 0 radical (unpaired) electrons. The van der Waals surface area contributed by atoms with Crippen LogP contribution in [-0.4, -0.2) is 24.2 Å². The zero-order chi connectivity index (χ0) is 15.2. The van der Waals surface area contributed by atoms with Crippen LogP contribution in [0.5, 0.6) is 11.5 Å². The molecular formula is C15H15ClN2O3. The number of nitrogens with two attached hydrogens (primary N) is 1. The molecule has 0 spiro atoms. The van der Waals surface area contributed by atoms with E-state index in [-0.39, 0.29) is 17.2 Å². The van der Waals surface area contributed by atoms with E-state index < -0.39 is 0 Å². The maximum atomic E-state index is 11.8. The van der Waals surface area contributed by atoms with Gasteiger partial charge in [0.15, 0.2) is 0 Å². The highest BCUT2D eigenvalue weighted by Gasteiger charge is 2.10. The molecule has 2 rings (SSSR count). The highest BCUT2D eigenvalue weighted by atomic mass is 35.5. The third-order valence-corrected chi connectivity index (χ3v) is 2.98. The first-order valence-corrected chi connectivity index (χ1v) is 6.69. The molecule has 0 heterocycles. The summed E-state index contributed by atoms with van der Waals surface area (Å²) in [6.07, 6.45) is 0. The molecular weight excluding hydrogens is 292 g/mol. The van der Waals surface area contributed by atoms with Gasteiger partial charge < -0.3 is 20.9 Å². The zero-order valence-electron chi connectivity index (χ0n) is 11.2. The van der Waals surface area contributed by atoms with Gasteiger partial charge in [0.2, 0.25) is 0 Å². The molecule has 5 nitrogen and oxygen atoms in total. The average Bonchev–Trinajstić information content (AvgIpc) is 2.45. The second kappa shape index (κ2) is 6.85. The number of rotatable bonds is 5. The van der Waals surface area contributed by atoms with Crippen LogP contribution in [-0.2, 0) is 0 Å². The molecule has 0 aliphatic carbocycles. The van der Waals surface area contributed by atoms with E-state index in [4.69, 9.17) is 22.1 Å². The van der Waals surface area contributed by atoms with Gasteiger partial charge in [-0.2, -0.15) is 0 Å². The summed E-state index contributed by atoms with van der Waals surface area (Å²) < 4.78 is 5.44. The van der Waals surface area contributed by atoms with Gasteiger partial charge in [-0.1, -0.05) is 11.6 Å². The van der Waals surface area contributed by atoms with Crippen LogP contribution in [0.3, 0.4) is 0 Å². The largest absolute Gasteiger partial charge is 0.507 e. The first-order valence-electron chi connectivity index (χ1n) is 6.31. The first-order chi connectivity index (χ1) is 10.1. The molecule has 0 aliphatic heterocycles. The van der Waals surface area contributed by atoms with Gasteiger partial charge in [0.1, 0.15) is 18.1 Å². The lowest BCUT2D eigenvalue weighted by molar-refractivity contribution is 0.0944. The van der Waals surface area contributed by atoms with Gasteiger partial charge in [-0.15, -0.1) is 0 Å². The molecule has 110 valence electrons. The summed E-state index contributed by atoms with van der Waals surface area (Å²) in [5.41, 5.74) is 6.40. The number of hydrogen-bond acceptors (Lipinski definition) is 4. The molecule has 0 saturated carbocycles. The summed E-state index contributed by atoms with van der Waals surface area (Å²) in [6.45, 7) is 0.620. The van der Waals surface area contributed by atoms with Crippen molar-refractivity contribution in [3.8, 4) is 11.5 Å². The fraction of sp³-hybridized carbons (Fsp3) is 0.133. The molecule has 0 saturated heterocycles. The normalized spacial score (nSPS) is 10.1. The minimum atomic E-state index is -0.384. The molecule has 1 amide bonds. The van der Waals surface area contributed by atoms with Crippen molar-refractivity contribution >= 4 is 23.2 Å². The van der Waals surface area contributed by atoms with Gasteiger partial charge in [0.05, 0.1) is 12.1 Å². The molecule has 0 aromatic heterocycles. The summed E-state index contributed by atoms with van der Waals surface area (Å²) in [6, 6.07) is 11.3. The van der Waals surface area contributed by atoms with Crippen LogP contribution >= 0.6 is 11.6 Å². The van der Waals surface area contributed by atoms with Gasteiger partial charge in [0, 0.05) is 10.7 Å². The van der Waals surface area contributed by atoms with Crippen LogP contribution in [0.4, 0.5) is 5.69 Å². The van der Waals surface area contributed by atoms with E-state index in [0.717, 1.165) is 0 Å². The Balaban J connectivity index is 1.80. The Morgan fingerprint density at radius 3 is 2.62 bits per heavy atom. The van der Waals surface area contributed by atoms with Crippen LogP contribution in [0, 0.1) is 0 Å². The van der Waals surface area contributed by atoms with Crippen molar-refractivity contribution in [2.24, 2.45) is 0 Å². The SMILES string of the molecule is Nc1ccc(OCCNC(=O)c2ccc(Cl)cc2O)cc1. The van der Waals surface area contributed by atoms with Crippen molar-refractivity contribution in [3.63, 3.8) is 0 Å². The number of nitrogens with one attached hydrogen (secondary N) is 1. The maximum Gasteiger partial charge on any atom is 0.255 e. The molecule has 0 atom stereocenters. The number of carbonyl (C=O) groups is 1. The molecule has 0 bridgehead atoms. The number of carbonyl (C=O) groups excluding carboxylic acids is 1. The fourth-order valence-corrected chi connectivity index (χ4v) is 1.86. The number of nitrogen functional groups attached to an aromatic ring is 1. The van der Waals surface area contributed by atoms with Crippen molar-refractivity contribution in [3.05, 3.63) is 53.1 Å². The Hall–Kier alpha value is -2.40. The number of amides is 1. The van der Waals surface area contributed by atoms with Gasteiger partial charge in [-0.3, -0.25) is 4.79 Å². The van der Waals surface area contributed by atoms with E-state index in [1.54, 1.807) is 30.3 Å². The van der Waals surface area contributed by atoms with Crippen LogP contribution in [0.25, 0.3) is 0 Å². The number of ether oxygens (including phenoxy) is 1. The molecule has 2 aromatic carbocycles. The lowest BCUT2D eigenvalue weighted by Crippen LogP contribution is -2.28. The van der Waals surface area contributed by atoms with Crippen molar-refractivity contribution < 1.29 is 14.6 Å². The quantitative estimate of drug-likeness (QED) is 0.585. The molecule has 2 aromatic rings. The third kappa shape index (κ3) is 4.29. The predicted molar refractivity (Wildman–Crippen MR) is 81.8 cm³/mol. The van der Waals surface area contributed by atoms with Gasteiger partial charge in [-0.05, 0) is 42.5 Å². The molecule has 0 unspecified atom stereocenters. The van der Waals surface area contributed by atoms with E-state index in [1.807, 2.05) is 0 Å². The van der Waals surface area contributed by atoms with Crippen molar-refractivity contribution in [1.82, 2.24) is 5.32 Å². The molecule has 6 heteroatoms. The van der Waals surface area contributed by atoms with E-state index in [0.29, 0.717) is 29.6 Å². The Morgan fingerprint density at radius 1 is 1.24 bits per heavy atom. The zero-order valence-corrected chi connectivity index (χ0v) is 11.9. The third-order valence-electron chi connectivity index (χ3n) is 2.74. The average molecular weight is 307 g/mol. The lowest BCUT2D eigenvalue weighted by atomic mass is 10.2. The van der Waals surface area contributed by atoms with Gasteiger partial charge in [0.25, 0.3) is 5.91 Å². The van der Waals surface area contributed by atoms with Crippen LogP contribution in [0.15, 0.2) is 42.5 Å². The standard InChI is InChI=1S/C15H15ClN2O3/c16-10-1-6-13(14(19)9-10)15(20)18-7-8-21-12-4-2-11(17)3-5-12/h1-6,9,19H,7-8,17H2,(H,18,20). The monoisotopic (exact) mass is 306 g/mol. The van der Waals surface area contributed by atoms with Crippen molar-refractivity contribution in [2.75, 3.05) is 18.9 Å². The lowest BCUT2D eigenvalue weighted by Gasteiger charge is -2.09. The number of hydrogen-bond donors (Lipinski definition) is 3. The number of halogens is 1. The summed E-state index contributed by atoms with van der Waals surface area (Å²) in [7, 11) is 0. The molecule has 4 N–H and O–H groups in total. The molecule has 21 heavy (non-hydrogen) atoms. The van der Waals surface area contributed by atoms with Crippen LogP contribution in [0.2, 0.25) is 5.02 Å². The Bertz CT molecular complexity index is 629. The highest BCUT2D eigenvalue weighted by Crippen LogP contribution is 2.21. The van der Waals surface area contributed by atoms with Crippen molar-refractivity contribution in [1.29, 1.82) is 0 Å². The van der Waals surface area contributed by atoms with Crippen LogP contribution < -0.4 is 15.8 Å².